The first-order valence-corrected chi connectivity index (χ1v) is 8.49. The van der Waals surface area contributed by atoms with Gasteiger partial charge in [-0.1, -0.05) is 0 Å². The van der Waals surface area contributed by atoms with Gasteiger partial charge in [-0.05, 0) is 0 Å². The summed E-state index contributed by atoms with van der Waals surface area (Å²) in [6, 6.07) is 0. The number of hydrogen-bond donors (Lipinski definition) is 0. The van der Waals surface area contributed by atoms with Gasteiger partial charge in [0.15, 0.2) is 0 Å². The van der Waals surface area contributed by atoms with Crippen molar-refractivity contribution >= 4 is 16.2 Å². The molecular weight excluding hydrogens is 376 g/mol. The predicted octanol–water partition coefficient (Wildman–Crippen LogP) is 2.54. The van der Waals surface area contributed by atoms with Gasteiger partial charge in [0.05, 0.1) is 0 Å². The maximum atomic E-state index is 2.34. The number of rotatable bonds is 3. The van der Waals surface area contributed by atoms with E-state index >= 15 is 0 Å². The molecule has 0 nitrogen and oxygen atoms in total. The van der Waals surface area contributed by atoms with Crippen LogP contribution in [0.3, 0.4) is 0 Å². The van der Waals surface area contributed by atoms with Crippen molar-refractivity contribution in [3.05, 3.63) is 0 Å². The van der Waals surface area contributed by atoms with Crippen LogP contribution in [0.25, 0.3) is 0 Å². The Morgan fingerprint density at radius 3 is 1.14 bits per heavy atom. The summed E-state index contributed by atoms with van der Waals surface area (Å²) in [5, 5.41) is 0. The van der Waals surface area contributed by atoms with Gasteiger partial charge in [0.25, 0.3) is 0 Å². The molecule has 0 N–H and O–H groups in total. The first-order valence-electron chi connectivity index (χ1n) is 3.35. The predicted molar refractivity (Wildman–Crippen MR) is 37.2 cm³/mol. The first-order chi connectivity index (χ1) is 3.35. The second-order valence-corrected chi connectivity index (χ2v) is 10.9. The van der Waals surface area contributed by atoms with Crippen molar-refractivity contribution in [2.24, 2.45) is 0 Å². The molecule has 42 valence electrons. The minimum absolute atomic E-state index is 0.576. The van der Waals surface area contributed by atoms with Crippen LogP contribution in [0.2, 0.25) is 14.9 Å². The fourth-order valence-electron chi connectivity index (χ4n) is 0.866. The van der Waals surface area contributed by atoms with Crippen molar-refractivity contribution in [1.82, 2.24) is 0 Å². The Hall–Kier alpha value is 0.636. The molecule has 0 aliphatic rings. The third-order valence-corrected chi connectivity index (χ3v) is 9.00. The van der Waals surface area contributed by atoms with E-state index in [0.717, 1.165) is 0 Å². The van der Waals surface area contributed by atoms with Crippen LogP contribution < -0.4 is 0 Å². The van der Waals surface area contributed by atoms with E-state index in [2.05, 4.69) is 20.8 Å². The minimum atomic E-state index is -0.576. The van der Waals surface area contributed by atoms with Gasteiger partial charge >= 0.3 is 51.9 Å². The van der Waals surface area contributed by atoms with Crippen LogP contribution in [0.4, 0.5) is 0 Å². The molecule has 0 rings (SSSR count). The molecule has 0 unspecified atom stereocenters. The Kier molecular flexibility index (Phi) is 5.22. The van der Waals surface area contributed by atoms with Crippen molar-refractivity contribution in [3.8, 4) is 0 Å². The van der Waals surface area contributed by atoms with Crippen molar-refractivity contribution in [2.75, 3.05) is 0 Å². The van der Waals surface area contributed by atoms with E-state index < -0.39 is 16.2 Å². The molecule has 7 heavy (non-hydrogen) atoms. The second kappa shape index (κ2) is 4.79. The van der Waals surface area contributed by atoms with Gasteiger partial charge in [-0.3, -0.25) is 0 Å². The zero-order valence-corrected chi connectivity index (χ0v) is 8.12. The van der Waals surface area contributed by atoms with E-state index in [1.54, 1.807) is 14.9 Å². The summed E-state index contributed by atoms with van der Waals surface area (Å²) in [5.74, 6) is 0. The van der Waals surface area contributed by atoms with Crippen LogP contribution in [-0.2, 0) is 0 Å². The standard InChI is InChI=1S/3C2H5.Ga/c3*1-2;/h3*1H2,2H3;/i;;;1-75. The molecule has 1 heteroatoms. The third-order valence-electron chi connectivity index (χ3n) is 1.73. The second-order valence-electron chi connectivity index (χ2n) is 2.09. The van der Waals surface area contributed by atoms with E-state index in [-0.39, 0.29) is 0 Å². The molecule has 0 aromatic heterocycles. The quantitative estimate of drug-likeness (QED) is 0.649. The van der Waals surface area contributed by atoms with Gasteiger partial charge in [-0.15, -0.1) is 0 Å². The van der Waals surface area contributed by atoms with Gasteiger partial charge in [-0.25, -0.2) is 0 Å². The van der Waals surface area contributed by atoms with Crippen LogP contribution in [0.1, 0.15) is 20.8 Å². The summed E-state index contributed by atoms with van der Waals surface area (Å²) in [7, 11) is 0. The molecule has 0 aromatic carbocycles. The normalized spacial score (nSPS) is 9.00. The Balaban J connectivity index is 2.99. The topological polar surface area (TPSA) is 0 Å². The van der Waals surface area contributed by atoms with Crippen molar-refractivity contribution in [3.63, 3.8) is 0 Å². The first kappa shape index (κ1) is 7.64. The fourth-order valence-corrected chi connectivity index (χ4v) is 4.50. The summed E-state index contributed by atoms with van der Waals surface area (Å²) in [6.07, 6.45) is 0. The van der Waals surface area contributed by atoms with Crippen LogP contribution in [0.5, 0.6) is 0 Å². The molecular formula is C6H15Ga. The van der Waals surface area contributed by atoms with Crippen molar-refractivity contribution in [1.29, 1.82) is 0 Å². The summed E-state index contributed by atoms with van der Waals surface area (Å²) >= 11 is -0.576. The van der Waals surface area contributed by atoms with Gasteiger partial charge in [0.2, 0.25) is 0 Å². The molecule has 0 saturated heterocycles. The van der Waals surface area contributed by atoms with E-state index in [1.165, 1.54) is 0 Å². The molecule has 0 spiro atoms. The molecule has 0 aliphatic carbocycles. The van der Waals surface area contributed by atoms with Crippen LogP contribution in [0, 0.1) is 0 Å². The molecule has 0 atom stereocenters. The van der Waals surface area contributed by atoms with Gasteiger partial charge in [-0.2, -0.15) is 0 Å². The summed E-state index contributed by atoms with van der Waals surface area (Å²) in [5.41, 5.74) is 0. The Bertz CT molecular complexity index is 25.7. The monoisotopic (exact) mass is 391 g/mol. The van der Waals surface area contributed by atoms with Crippen LogP contribution in [-0.4, -0.2) is 16.2 Å². The third kappa shape index (κ3) is 3.24. The molecule has 0 heterocycles. The van der Waals surface area contributed by atoms with E-state index in [4.69, 9.17) is 0 Å². The molecule has 0 saturated carbocycles. The summed E-state index contributed by atoms with van der Waals surface area (Å²) in [4.78, 5) is 4.62. The maximum absolute atomic E-state index is 2.34. The zero-order chi connectivity index (χ0) is 5.70. The average molecular weight is 391 g/mol. The molecule has 0 amide bonds. The van der Waals surface area contributed by atoms with Gasteiger partial charge < -0.3 is 0 Å². The van der Waals surface area contributed by atoms with Crippen molar-refractivity contribution < 1.29 is 0 Å². The van der Waals surface area contributed by atoms with E-state index in [9.17, 15) is 0 Å². The SMILES string of the molecule is C[CH2][304Ga]([CH2]C)[CH2]C. The summed E-state index contributed by atoms with van der Waals surface area (Å²) in [6.45, 7) is 7.03. The van der Waals surface area contributed by atoms with Crippen LogP contribution >= 0.6 is 0 Å². The summed E-state index contributed by atoms with van der Waals surface area (Å²) < 4.78 is 0. The zero-order valence-electron chi connectivity index (χ0n) is 5.70. The Morgan fingerprint density at radius 1 is 0.857 bits per heavy atom. The molecule has 0 aromatic rings. The Morgan fingerprint density at radius 2 is 1.14 bits per heavy atom. The van der Waals surface area contributed by atoms with E-state index in [0.29, 0.717) is 0 Å². The van der Waals surface area contributed by atoms with E-state index in [1.807, 2.05) is 0 Å². The van der Waals surface area contributed by atoms with Crippen molar-refractivity contribution in [2.45, 2.75) is 35.7 Å². The molecule has 0 radical (unpaired) electrons. The molecule has 0 bridgehead atoms. The number of hydrogen-bond acceptors (Lipinski definition) is 0. The van der Waals surface area contributed by atoms with Crippen LogP contribution in [0.15, 0.2) is 0 Å². The van der Waals surface area contributed by atoms with Gasteiger partial charge in [0.1, 0.15) is 0 Å². The molecule has 0 aliphatic heterocycles. The molecule has 0 fully saturated rings. The van der Waals surface area contributed by atoms with Gasteiger partial charge in [0, 0.05) is 0 Å². The Labute approximate surface area is 52.3 Å². The average Bonchev–Trinajstić information content (AvgIpc) is 1.72. The fraction of sp³-hybridized carbons (Fsp3) is 1.00.